The van der Waals surface area contributed by atoms with E-state index in [2.05, 4.69) is 40.8 Å². The number of pyridine rings is 1. The largest absolute Gasteiger partial charge is 0.494 e. The Labute approximate surface area is 132 Å². The summed E-state index contributed by atoms with van der Waals surface area (Å²) in [6.45, 7) is 10.0. The summed E-state index contributed by atoms with van der Waals surface area (Å²) in [6, 6.07) is 6.20. The zero-order valence-electron chi connectivity index (χ0n) is 13.8. The zero-order valence-corrected chi connectivity index (χ0v) is 13.8. The number of nitrogens with zero attached hydrogens (tertiary/aromatic N) is 3. The minimum absolute atomic E-state index is 0.851. The number of aryl methyl sites for hydroxylation is 1. The van der Waals surface area contributed by atoms with Crippen molar-refractivity contribution in [3.05, 3.63) is 30.0 Å². The SMILES string of the molecule is CCN1CCCN(c2c(C)cnc3c(OC)cccc23)CC1. The molecule has 1 aliphatic rings. The first kappa shape index (κ1) is 15.1. The molecule has 0 radical (unpaired) electrons. The first-order valence-electron chi connectivity index (χ1n) is 8.14. The van der Waals surface area contributed by atoms with Crippen molar-refractivity contribution in [1.29, 1.82) is 0 Å². The summed E-state index contributed by atoms with van der Waals surface area (Å²) in [5.74, 6) is 0.851. The zero-order chi connectivity index (χ0) is 15.5. The third-order valence-corrected chi connectivity index (χ3v) is 4.59. The van der Waals surface area contributed by atoms with E-state index in [9.17, 15) is 0 Å². The van der Waals surface area contributed by atoms with E-state index in [4.69, 9.17) is 4.74 Å². The van der Waals surface area contributed by atoms with Crippen molar-refractivity contribution >= 4 is 16.6 Å². The second kappa shape index (κ2) is 6.53. The van der Waals surface area contributed by atoms with E-state index in [-0.39, 0.29) is 0 Å². The van der Waals surface area contributed by atoms with Crippen molar-refractivity contribution in [2.75, 3.05) is 44.7 Å². The molecule has 0 atom stereocenters. The molecule has 1 saturated heterocycles. The van der Waals surface area contributed by atoms with Crippen molar-refractivity contribution in [1.82, 2.24) is 9.88 Å². The predicted octanol–water partition coefficient (Wildman–Crippen LogP) is 3.08. The van der Waals surface area contributed by atoms with Crippen LogP contribution in [0.2, 0.25) is 0 Å². The number of aromatic nitrogens is 1. The second-order valence-electron chi connectivity index (χ2n) is 5.92. The Hall–Kier alpha value is -1.81. The molecule has 0 amide bonds. The first-order valence-corrected chi connectivity index (χ1v) is 8.14. The molecule has 1 aromatic heterocycles. The minimum Gasteiger partial charge on any atom is -0.494 e. The Morgan fingerprint density at radius 3 is 2.82 bits per heavy atom. The molecule has 0 unspecified atom stereocenters. The van der Waals surface area contributed by atoms with Crippen LogP contribution in [0.25, 0.3) is 10.9 Å². The van der Waals surface area contributed by atoms with Gasteiger partial charge in [-0.1, -0.05) is 19.1 Å². The van der Waals surface area contributed by atoms with Crippen LogP contribution in [0.1, 0.15) is 18.9 Å². The number of ether oxygens (including phenoxy) is 1. The molecule has 0 bridgehead atoms. The minimum atomic E-state index is 0.851. The molecule has 0 aliphatic carbocycles. The van der Waals surface area contributed by atoms with Gasteiger partial charge in [-0.25, -0.2) is 0 Å². The van der Waals surface area contributed by atoms with Crippen LogP contribution in [0, 0.1) is 6.92 Å². The van der Waals surface area contributed by atoms with E-state index in [1.54, 1.807) is 7.11 Å². The molecule has 1 aliphatic heterocycles. The highest BCUT2D eigenvalue weighted by Crippen LogP contribution is 2.34. The number of para-hydroxylation sites is 1. The van der Waals surface area contributed by atoms with Gasteiger partial charge in [-0.3, -0.25) is 4.98 Å². The smallest absolute Gasteiger partial charge is 0.145 e. The maximum absolute atomic E-state index is 5.48. The van der Waals surface area contributed by atoms with Gasteiger partial charge in [-0.05, 0) is 38.1 Å². The molecule has 22 heavy (non-hydrogen) atoms. The van der Waals surface area contributed by atoms with Crippen LogP contribution in [-0.2, 0) is 0 Å². The molecular formula is C18H25N3O. The fraction of sp³-hybridized carbons (Fsp3) is 0.500. The summed E-state index contributed by atoms with van der Waals surface area (Å²) in [7, 11) is 1.71. The van der Waals surface area contributed by atoms with E-state index >= 15 is 0 Å². The van der Waals surface area contributed by atoms with Gasteiger partial charge in [-0.15, -0.1) is 0 Å². The molecular weight excluding hydrogens is 274 g/mol. The van der Waals surface area contributed by atoms with Gasteiger partial charge in [0.25, 0.3) is 0 Å². The van der Waals surface area contributed by atoms with Crippen LogP contribution < -0.4 is 9.64 Å². The standard InChI is InChI=1S/C18H25N3O/c1-4-20-9-6-10-21(12-11-20)18-14(2)13-19-17-15(18)7-5-8-16(17)22-3/h5,7-8,13H,4,6,9-12H2,1-3H3. The highest BCUT2D eigenvalue weighted by Gasteiger charge is 2.19. The van der Waals surface area contributed by atoms with Crippen LogP contribution in [0.4, 0.5) is 5.69 Å². The van der Waals surface area contributed by atoms with Crippen molar-refractivity contribution in [3.63, 3.8) is 0 Å². The Bertz CT molecular complexity index is 656. The molecule has 0 spiro atoms. The lowest BCUT2D eigenvalue weighted by Crippen LogP contribution is -2.31. The number of likely N-dealkylation sites (N-methyl/N-ethyl adjacent to an activating group) is 1. The maximum atomic E-state index is 5.48. The molecule has 4 heteroatoms. The predicted molar refractivity (Wildman–Crippen MR) is 92.0 cm³/mol. The fourth-order valence-corrected chi connectivity index (χ4v) is 3.38. The fourth-order valence-electron chi connectivity index (χ4n) is 3.38. The topological polar surface area (TPSA) is 28.6 Å². The lowest BCUT2D eigenvalue weighted by molar-refractivity contribution is 0.310. The molecule has 0 N–H and O–H groups in total. The van der Waals surface area contributed by atoms with Crippen molar-refractivity contribution < 1.29 is 4.74 Å². The molecule has 2 aromatic rings. The third-order valence-electron chi connectivity index (χ3n) is 4.59. The summed E-state index contributed by atoms with van der Waals surface area (Å²) < 4.78 is 5.48. The molecule has 2 heterocycles. The Morgan fingerprint density at radius 1 is 1.18 bits per heavy atom. The highest BCUT2D eigenvalue weighted by atomic mass is 16.5. The van der Waals surface area contributed by atoms with Crippen molar-refractivity contribution in [2.45, 2.75) is 20.3 Å². The summed E-state index contributed by atoms with van der Waals surface area (Å²) in [5.41, 5.74) is 3.52. The molecule has 1 aromatic carbocycles. The van der Waals surface area contributed by atoms with Crippen LogP contribution in [0.15, 0.2) is 24.4 Å². The number of fused-ring (bicyclic) bond motifs is 1. The number of hydrogen-bond acceptors (Lipinski definition) is 4. The average Bonchev–Trinajstić information content (AvgIpc) is 2.79. The second-order valence-corrected chi connectivity index (χ2v) is 5.92. The summed E-state index contributed by atoms with van der Waals surface area (Å²) in [6.07, 6.45) is 3.18. The first-order chi connectivity index (χ1) is 10.7. The molecule has 118 valence electrons. The molecule has 3 rings (SSSR count). The van der Waals surface area contributed by atoms with E-state index in [1.807, 2.05) is 12.3 Å². The van der Waals surface area contributed by atoms with Crippen LogP contribution in [-0.4, -0.2) is 49.7 Å². The normalized spacial score (nSPS) is 16.8. The third kappa shape index (κ3) is 2.75. The summed E-state index contributed by atoms with van der Waals surface area (Å²) >= 11 is 0. The monoisotopic (exact) mass is 299 g/mol. The van der Waals surface area contributed by atoms with E-state index in [0.29, 0.717) is 0 Å². The Balaban J connectivity index is 2.04. The quantitative estimate of drug-likeness (QED) is 0.871. The van der Waals surface area contributed by atoms with Gasteiger partial charge in [0.05, 0.1) is 12.8 Å². The molecule has 1 fully saturated rings. The highest BCUT2D eigenvalue weighted by molar-refractivity contribution is 5.96. The van der Waals surface area contributed by atoms with Gasteiger partial charge in [0.15, 0.2) is 0 Å². The number of methoxy groups -OCH3 is 1. The van der Waals surface area contributed by atoms with Gasteiger partial charge in [-0.2, -0.15) is 0 Å². The van der Waals surface area contributed by atoms with Gasteiger partial charge in [0.1, 0.15) is 11.3 Å². The van der Waals surface area contributed by atoms with Crippen LogP contribution in [0.3, 0.4) is 0 Å². The number of rotatable bonds is 3. The molecule has 0 saturated carbocycles. The van der Waals surface area contributed by atoms with Gasteiger partial charge in [0, 0.05) is 31.2 Å². The summed E-state index contributed by atoms with van der Waals surface area (Å²) in [4.78, 5) is 9.65. The Morgan fingerprint density at radius 2 is 2.05 bits per heavy atom. The Kier molecular flexibility index (Phi) is 4.48. The maximum Gasteiger partial charge on any atom is 0.145 e. The van der Waals surface area contributed by atoms with Crippen molar-refractivity contribution in [2.24, 2.45) is 0 Å². The van der Waals surface area contributed by atoms with Gasteiger partial charge >= 0.3 is 0 Å². The van der Waals surface area contributed by atoms with Gasteiger partial charge in [0.2, 0.25) is 0 Å². The van der Waals surface area contributed by atoms with E-state index < -0.39 is 0 Å². The lowest BCUT2D eigenvalue weighted by atomic mass is 10.1. The summed E-state index contributed by atoms with van der Waals surface area (Å²) in [5, 5.41) is 1.20. The average molecular weight is 299 g/mol. The molecule has 4 nitrogen and oxygen atoms in total. The number of anilines is 1. The van der Waals surface area contributed by atoms with E-state index in [0.717, 1.165) is 37.4 Å². The van der Waals surface area contributed by atoms with E-state index in [1.165, 1.54) is 29.6 Å². The van der Waals surface area contributed by atoms with Crippen LogP contribution in [0.5, 0.6) is 5.75 Å². The number of benzene rings is 1. The van der Waals surface area contributed by atoms with Crippen molar-refractivity contribution in [3.8, 4) is 5.75 Å². The van der Waals surface area contributed by atoms with Crippen LogP contribution >= 0.6 is 0 Å². The lowest BCUT2D eigenvalue weighted by Gasteiger charge is -2.26. The number of hydrogen-bond donors (Lipinski definition) is 0. The van der Waals surface area contributed by atoms with Gasteiger partial charge < -0.3 is 14.5 Å².